The summed E-state index contributed by atoms with van der Waals surface area (Å²) in [6, 6.07) is 13.0. The molecule has 0 N–H and O–H groups in total. The third kappa shape index (κ3) is 3.83. The van der Waals surface area contributed by atoms with Crippen molar-refractivity contribution in [3.63, 3.8) is 0 Å². The number of halogens is 1. The molecule has 1 atom stereocenters. The molecular weight excluding hydrogens is 354 g/mol. The van der Waals surface area contributed by atoms with E-state index < -0.39 is 5.92 Å². The highest BCUT2D eigenvalue weighted by Gasteiger charge is 2.32. The first-order valence-corrected chi connectivity index (χ1v) is 8.69. The molecule has 2 aromatic rings. The molecule has 0 spiro atoms. The van der Waals surface area contributed by atoms with Gasteiger partial charge in [0.25, 0.3) is 0 Å². The molecule has 1 heterocycles. The zero-order chi connectivity index (χ0) is 18.7. The van der Waals surface area contributed by atoms with Gasteiger partial charge >= 0.3 is 5.97 Å². The molecule has 5 nitrogen and oxygen atoms in total. The molecule has 1 amide bonds. The van der Waals surface area contributed by atoms with Crippen LogP contribution in [0.25, 0.3) is 0 Å². The molecule has 6 heteroatoms. The number of methoxy groups -OCH3 is 2. The van der Waals surface area contributed by atoms with Gasteiger partial charge in [-0.05, 0) is 47.9 Å². The van der Waals surface area contributed by atoms with Gasteiger partial charge in [-0.3, -0.25) is 9.59 Å². The predicted molar refractivity (Wildman–Crippen MR) is 99.5 cm³/mol. The Bertz CT molecular complexity index is 819. The number of hydrogen-bond donors (Lipinski definition) is 0. The van der Waals surface area contributed by atoms with Crippen LogP contribution >= 0.6 is 11.6 Å². The zero-order valence-corrected chi connectivity index (χ0v) is 15.5. The number of rotatable bonds is 4. The molecule has 0 bridgehead atoms. The fourth-order valence-corrected chi connectivity index (χ4v) is 3.39. The highest BCUT2D eigenvalue weighted by atomic mass is 35.5. The van der Waals surface area contributed by atoms with E-state index in [0.717, 1.165) is 22.6 Å². The zero-order valence-electron chi connectivity index (χ0n) is 14.7. The van der Waals surface area contributed by atoms with Gasteiger partial charge in [-0.25, -0.2) is 0 Å². The van der Waals surface area contributed by atoms with E-state index in [9.17, 15) is 9.59 Å². The largest absolute Gasteiger partial charge is 0.497 e. The summed E-state index contributed by atoms with van der Waals surface area (Å²) in [5, 5.41) is 0.575. The van der Waals surface area contributed by atoms with E-state index in [-0.39, 0.29) is 18.3 Å². The van der Waals surface area contributed by atoms with Crippen LogP contribution in [-0.4, -0.2) is 26.1 Å². The quantitative estimate of drug-likeness (QED) is 0.768. The van der Waals surface area contributed by atoms with E-state index >= 15 is 0 Å². The second kappa shape index (κ2) is 7.79. The van der Waals surface area contributed by atoms with Gasteiger partial charge in [-0.15, -0.1) is 0 Å². The summed E-state index contributed by atoms with van der Waals surface area (Å²) in [7, 11) is 2.95. The van der Waals surface area contributed by atoms with Crippen LogP contribution in [0.2, 0.25) is 5.02 Å². The van der Waals surface area contributed by atoms with Gasteiger partial charge in [0.15, 0.2) is 0 Å². The molecular formula is C20H20ClNO4. The Morgan fingerprint density at radius 3 is 2.54 bits per heavy atom. The number of benzene rings is 2. The molecule has 136 valence electrons. The van der Waals surface area contributed by atoms with Crippen LogP contribution in [0.1, 0.15) is 17.5 Å². The number of amides is 1. The SMILES string of the molecule is COC(=O)C1CC(=O)N(Cc2ccc(OC)cc2)c2ccc(Cl)cc2C1. The predicted octanol–water partition coefficient (Wildman–Crippen LogP) is 3.62. The van der Waals surface area contributed by atoms with Gasteiger partial charge in [0.05, 0.1) is 26.7 Å². The van der Waals surface area contributed by atoms with Crippen molar-refractivity contribution in [2.45, 2.75) is 19.4 Å². The summed E-state index contributed by atoms with van der Waals surface area (Å²) >= 11 is 6.14. The second-order valence-corrected chi connectivity index (χ2v) is 6.67. The van der Waals surface area contributed by atoms with Gasteiger partial charge < -0.3 is 14.4 Å². The average Bonchev–Trinajstić information content (AvgIpc) is 2.78. The van der Waals surface area contributed by atoms with Crippen LogP contribution < -0.4 is 9.64 Å². The molecule has 3 rings (SSSR count). The van der Waals surface area contributed by atoms with E-state index in [0.29, 0.717) is 18.0 Å². The summed E-state index contributed by atoms with van der Waals surface area (Å²) < 4.78 is 10.0. The lowest BCUT2D eigenvalue weighted by atomic mass is 9.97. The van der Waals surface area contributed by atoms with E-state index in [1.165, 1.54) is 7.11 Å². The van der Waals surface area contributed by atoms with Crippen molar-refractivity contribution in [1.29, 1.82) is 0 Å². The Morgan fingerprint density at radius 2 is 1.88 bits per heavy atom. The van der Waals surface area contributed by atoms with Crippen LogP contribution in [0.5, 0.6) is 5.75 Å². The molecule has 1 unspecified atom stereocenters. The second-order valence-electron chi connectivity index (χ2n) is 6.23. The number of esters is 1. The summed E-state index contributed by atoms with van der Waals surface area (Å²) in [5.41, 5.74) is 2.62. The van der Waals surface area contributed by atoms with E-state index in [1.54, 1.807) is 18.1 Å². The van der Waals surface area contributed by atoms with Crippen molar-refractivity contribution in [2.75, 3.05) is 19.1 Å². The van der Waals surface area contributed by atoms with Crippen molar-refractivity contribution in [1.82, 2.24) is 0 Å². The van der Waals surface area contributed by atoms with E-state index in [4.69, 9.17) is 21.1 Å². The number of fused-ring (bicyclic) bond motifs is 1. The number of hydrogen-bond acceptors (Lipinski definition) is 4. The Labute approximate surface area is 157 Å². The summed E-state index contributed by atoms with van der Waals surface area (Å²) in [5.74, 6) is -0.243. The van der Waals surface area contributed by atoms with Gasteiger partial charge in [-0.2, -0.15) is 0 Å². The van der Waals surface area contributed by atoms with Gasteiger partial charge in [0, 0.05) is 17.1 Å². The highest BCUT2D eigenvalue weighted by molar-refractivity contribution is 6.30. The third-order valence-electron chi connectivity index (χ3n) is 4.55. The lowest BCUT2D eigenvalue weighted by Crippen LogP contribution is -2.31. The molecule has 0 aliphatic carbocycles. The molecule has 0 aromatic heterocycles. The maximum atomic E-state index is 12.9. The average molecular weight is 374 g/mol. The number of anilines is 1. The van der Waals surface area contributed by atoms with Crippen molar-refractivity contribution in [3.05, 3.63) is 58.6 Å². The Hall–Kier alpha value is -2.53. The van der Waals surface area contributed by atoms with Crippen LogP contribution in [0, 0.1) is 5.92 Å². The molecule has 0 fully saturated rings. The molecule has 2 aromatic carbocycles. The standard InChI is InChI=1S/C20H20ClNO4/c1-25-17-6-3-13(4-7-17)12-22-18-8-5-16(21)10-14(18)9-15(11-19(22)23)20(24)26-2/h3-8,10,15H,9,11-12H2,1-2H3. The van der Waals surface area contributed by atoms with E-state index in [1.807, 2.05) is 36.4 Å². The summed E-state index contributed by atoms with van der Waals surface area (Å²) in [6.07, 6.45) is 0.530. The molecule has 26 heavy (non-hydrogen) atoms. The lowest BCUT2D eigenvalue weighted by Gasteiger charge is -2.23. The minimum atomic E-state index is -0.509. The number of ether oxygens (including phenoxy) is 2. The van der Waals surface area contributed by atoms with Crippen molar-refractivity contribution >= 4 is 29.2 Å². The Morgan fingerprint density at radius 1 is 1.15 bits per heavy atom. The highest BCUT2D eigenvalue weighted by Crippen LogP contribution is 2.33. The maximum Gasteiger partial charge on any atom is 0.309 e. The number of carbonyl (C=O) groups is 2. The van der Waals surface area contributed by atoms with Crippen molar-refractivity contribution < 1.29 is 19.1 Å². The Balaban J connectivity index is 1.95. The van der Waals surface area contributed by atoms with Gasteiger partial charge in [0.1, 0.15) is 5.75 Å². The summed E-state index contributed by atoms with van der Waals surface area (Å²) in [4.78, 5) is 26.6. The van der Waals surface area contributed by atoms with E-state index in [2.05, 4.69) is 0 Å². The minimum Gasteiger partial charge on any atom is -0.497 e. The summed E-state index contributed by atoms with van der Waals surface area (Å²) in [6.45, 7) is 0.408. The first-order valence-electron chi connectivity index (χ1n) is 8.31. The normalized spacial score (nSPS) is 16.7. The molecule has 0 radical (unpaired) electrons. The number of nitrogens with zero attached hydrogens (tertiary/aromatic N) is 1. The monoisotopic (exact) mass is 373 g/mol. The topological polar surface area (TPSA) is 55.8 Å². The van der Waals surface area contributed by atoms with Crippen LogP contribution in [0.15, 0.2) is 42.5 Å². The third-order valence-corrected chi connectivity index (χ3v) is 4.79. The van der Waals surface area contributed by atoms with Crippen molar-refractivity contribution in [3.8, 4) is 5.75 Å². The van der Waals surface area contributed by atoms with Crippen LogP contribution in [0.3, 0.4) is 0 Å². The smallest absolute Gasteiger partial charge is 0.309 e. The fourth-order valence-electron chi connectivity index (χ4n) is 3.19. The molecule has 0 saturated heterocycles. The lowest BCUT2D eigenvalue weighted by molar-refractivity contribution is -0.147. The molecule has 1 aliphatic rings. The first kappa shape index (κ1) is 18.3. The first-order chi connectivity index (χ1) is 12.5. The number of carbonyl (C=O) groups excluding carboxylic acids is 2. The fraction of sp³-hybridized carbons (Fsp3) is 0.300. The van der Waals surface area contributed by atoms with Gasteiger partial charge in [0.2, 0.25) is 5.91 Å². The van der Waals surface area contributed by atoms with Crippen molar-refractivity contribution in [2.24, 2.45) is 5.92 Å². The van der Waals surface area contributed by atoms with Gasteiger partial charge in [-0.1, -0.05) is 23.7 Å². The van der Waals surface area contributed by atoms with Crippen LogP contribution in [0.4, 0.5) is 5.69 Å². The Kier molecular flexibility index (Phi) is 5.47. The molecule has 0 saturated carbocycles. The molecule has 1 aliphatic heterocycles. The van der Waals surface area contributed by atoms with Crippen LogP contribution in [-0.2, 0) is 27.3 Å². The minimum absolute atomic E-state index is 0.106. The maximum absolute atomic E-state index is 12.9.